The number of ether oxygens (including phenoxy) is 2. The Morgan fingerprint density at radius 2 is 1.95 bits per heavy atom. The number of para-hydroxylation sites is 1. The van der Waals surface area contributed by atoms with E-state index in [-0.39, 0.29) is 12.2 Å². The quantitative estimate of drug-likeness (QED) is 0.192. The highest BCUT2D eigenvalue weighted by Gasteiger charge is 2.33. The normalized spacial score (nSPS) is 15.0. The van der Waals surface area contributed by atoms with Gasteiger partial charge in [-0.25, -0.2) is 9.79 Å². The van der Waals surface area contributed by atoms with Crippen LogP contribution in [0.3, 0.4) is 0 Å². The lowest BCUT2D eigenvalue weighted by atomic mass is 9.96. The van der Waals surface area contributed by atoms with Crippen molar-refractivity contribution in [3.8, 4) is 5.75 Å². The Balaban J connectivity index is 1.52. The molecule has 1 aliphatic rings. The van der Waals surface area contributed by atoms with Crippen LogP contribution >= 0.6 is 38.9 Å². The smallest absolute Gasteiger partial charge is 0.338 e. The number of fused-ring (bicyclic) bond motifs is 2. The zero-order chi connectivity index (χ0) is 30.2. The van der Waals surface area contributed by atoms with Crippen molar-refractivity contribution >= 4 is 61.8 Å². The van der Waals surface area contributed by atoms with Crippen LogP contribution in [0, 0.1) is 0 Å². The molecule has 0 N–H and O–H groups in total. The number of esters is 1. The minimum atomic E-state index is -0.719. The van der Waals surface area contributed by atoms with Gasteiger partial charge in [-0.15, -0.1) is 0 Å². The summed E-state index contributed by atoms with van der Waals surface area (Å²) >= 11 is 11.1. The monoisotopic (exact) mass is 675 g/mol. The van der Waals surface area contributed by atoms with E-state index in [1.165, 1.54) is 11.3 Å². The van der Waals surface area contributed by atoms with Gasteiger partial charge in [0.1, 0.15) is 5.75 Å². The number of thiazole rings is 1. The lowest BCUT2D eigenvalue weighted by Gasteiger charge is -2.25. The maximum atomic E-state index is 14.2. The summed E-state index contributed by atoms with van der Waals surface area (Å²) in [6, 6.07) is 20.7. The molecule has 0 bridgehead atoms. The summed E-state index contributed by atoms with van der Waals surface area (Å²) in [4.78, 5) is 32.6. The van der Waals surface area contributed by atoms with E-state index in [9.17, 15) is 9.59 Å². The second kappa shape index (κ2) is 12.0. The molecule has 6 rings (SSSR count). The van der Waals surface area contributed by atoms with Crippen molar-refractivity contribution in [1.82, 2.24) is 9.13 Å². The molecule has 10 heteroatoms. The fourth-order valence-corrected chi connectivity index (χ4v) is 7.26. The standard InChI is InChI=1S/C33H27BrClN3O4S/c1-4-42-32(40)29-19(2)36-33-38(30(29)21-12-13-27(41-3)25(34)15-21)31(39)28(43-33)16-22-18-37(26-11-6-5-10-24(22)26)17-20-8-7-9-23(35)14-20/h5-16,18,30H,4,17H2,1-3H3/b28-16+/t30-/m0/s1. The predicted octanol–water partition coefficient (Wildman–Crippen LogP) is 6.23. The van der Waals surface area contributed by atoms with Crippen molar-refractivity contribution in [1.29, 1.82) is 0 Å². The van der Waals surface area contributed by atoms with Crippen molar-refractivity contribution in [3.63, 3.8) is 0 Å². The van der Waals surface area contributed by atoms with Crippen LogP contribution in [0.2, 0.25) is 5.02 Å². The van der Waals surface area contributed by atoms with E-state index in [2.05, 4.69) is 32.8 Å². The molecule has 0 saturated carbocycles. The van der Waals surface area contributed by atoms with Crippen molar-refractivity contribution in [2.75, 3.05) is 13.7 Å². The molecule has 0 fully saturated rings. The topological polar surface area (TPSA) is 74.8 Å². The van der Waals surface area contributed by atoms with Crippen molar-refractivity contribution in [2.24, 2.45) is 4.99 Å². The van der Waals surface area contributed by atoms with E-state index in [4.69, 9.17) is 26.1 Å². The number of benzene rings is 3. The Hall–Kier alpha value is -3.92. The average molecular weight is 677 g/mol. The highest BCUT2D eigenvalue weighted by atomic mass is 79.9. The SMILES string of the molecule is CCOC(=O)C1=C(C)N=c2s/c(=C/c3cn(Cc4cccc(Cl)c4)c4ccccc34)c(=O)n2[C@H]1c1ccc(OC)c(Br)c1. The first-order valence-corrected chi connectivity index (χ1v) is 15.6. The van der Waals surface area contributed by atoms with Gasteiger partial charge in [0.25, 0.3) is 5.56 Å². The molecule has 1 aliphatic heterocycles. The summed E-state index contributed by atoms with van der Waals surface area (Å²) < 4.78 is 15.8. The Morgan fingerprint density at radius 3 is 2.70 bits per heavy atom. The number of carbonyl (C=O) groups excluding carboxylic acids is 1. The van der Waals surface area contributed by atoms with Crippen molar-refractivity contribution < 1.29 is 14.3 Å². The lowest BCUT2D eigenvalue weighted by molar-refractivity contribution is -0.139. The number of hydrogen-bond acceptors (Lipinski definition) is 6. The summed E-state index contributed by atoms with van der Waals surface area (Å²) in [7, 11) is 1.59. The van der Waals surface area contributed by atoms with Crippen molar-refractivity contribution in [3.05, 3.63) is 130 Å². The molecule has 7 nitrogen and oxygen atoms in total. The molecule has 218 valence electrons. The molecular weight excluding hydrogens is 650 g/mol. The molecule has 0 radical (unpaired) electrons. The van der Waals surface area contributed by atoms with Gasteiger partial charge in [0.15, 0.2) is 4.80 Å². The lowest BCUT2D eigenvalue weighted by Crippen LogP contribution is -2.39. The summed E-state index contributed by atoms with van der Waals surface area (Å²) in [5.74, 6) is 0.141. The molecule has 5 aromatic rings. The van der Waals surface area contributed by atoms with Crippen LogP contribution < -0.4 is 19.6 Å². The first kappa shape index (κ1) is 29.2. The summed E-state index contributed by atoms with van der Waals surface area (Å²) in [5, 5.41) is 1.71. The van der Waals surface area contributed by atoms with Gasteiger partial charge in [0, 0.05) is 34.2 Å². The number of hydrogen-bond donors (Lipinski definition) is 0. The largest absolute Gasteiger partial charge is 0.496 e. The number of nitrogens with zero attached hydrogens (tertiary/aromatic N) is 3. The third-order valence-electron chi connectivity index (χ3n) is 7.36. The maximum absolute atomic E-state index is 14.2. The van der Waals surface area contributed by atoms with Gasteiger partial charge in [0.2, 0.25) is 0 Å². The molecule has 0 saturated heterocycles. The van der Waals surface area contributed by atoms with E-state index < -0.39 is 12.0 Å². The Bertz CT molecular complexity index is 2110. The van der Waals surface area contributed by atoms with E-state index in [0.29, 0.717) is 42.4 Å². The van der Waals surface area contributed by atoms with Gasteiger partial charge in [-0.2, -0.15) is 0 Å². The Kier molecular flexibility index (Phi) is 8.13. The second-order valence-corrected chi connectivity index (χ2v) is 12.4. The van der Waals surface area contributed by atoms with Crippen LogP contribution in [0.1, 0.15) is 36.6 Å². The number of carbonyl (C=O) groups is 1. The van der Waals surface area contributed by atoms with E-state index >= 15 is 0 Å². The van der Waals surface area contributed by atoms with E-state index in [0.717, 1.165) is 27.6 Å². The molecule has 1 atom stereocenters. The number of allylic oxidation sites excluding steroid dienone is 1. The van der Waals surface area contributed by atoms with E-state index in [1.54, 1.807) is 25.5 Å². The maximum Gasteiger partial charge on any atom is 0.338 e. The van der Waals surface area contributed by atoms with Crippen LogP contribution in [-0.4, -0.2) is 28.8 Å². The molecule has 0 aliphatic carbocycles. The molecule has 2 aromatic heterocycles. The molecule has 0 spiro atoms. The molecular formula is C33H27BrClN3O4S. The minimum absolute atomic E-state index is 0.207. The molecule has 3 heterocycles. The molecule has 3 aromatic carbocycles. The number of rotatable bonds is 7. The van der Waals surface area contributed by atoms with Crippen LogP contribution in [-0.2, 0) is 16.1 Å². The van der Waals surface area contributed by atoms with Crippen LogP contribution in [0.25, 0.3) is 17.0 Å². The van der Waals surface area contributed by atoms with Crippen LogP contribution in [0.5, 0.6) is 5.75 Å². The third kappa shape index (κ3) is 5.48. The number of aromatic nitrogens is 2. The van der Waals surface area contributed by atoms with E-state index in [1.807, 2.05) is 66.7 Å². The first-order chi connectivity index (χ1) is 20.8. The summed E-state index contributed by atoms with van der Waals surface area (Å²) in [6.45, 7) is 4.37. The van der Waals surface area contributed by atoms with Gasteiger partial charge in [-0.05, 0) is 77.3 Å². The Labute approximate surface area is 265 Å². The first-order valence-electron chi connectivity index (χ1n) is 13.6. The summed E-state index contributed by atoms with van der Waals surface area (Å²) in [5.41, 5.74) is 4.37. The predicted molar refractivity (Wildman–Crippen MR) is 174 cm³/mol. The fraction of sp³-hybridized carbons (Fsp3) is 0.182. The fourth-order valence-electron chi connectivity index (χ4n) is 5.45. The average Bonchev–Trinajstić information content (AvgIpc) is 3.48. The molecule has 0 unspecified atom stereocenters. The second-order valence-electron chi connectivity index (χ2n) is 10.1. The molecule has 0 amide bonds. The van der Waals surface area contributed by atoms with Gasteiger partial charge >= 0.3 is 5.97 Å². The Morgan fingerprint density at radius 1 is 1.14 bits per heavy atom. The minimum Gasteiger partial charge on any atom is -0.496 e. The van der Waals surface area contributed by atoms with Gasteiger partial charge in [0.05, 0.1) is 40.0 Å². The highest BCUT2D eigenvalue weighted by Crippen LogP contribution is 2.35. The highest BCUT2D eigenvalue weighted by molar-refractivity contribution is 9.10. The van der Waals surface area contributed by atoms with Crippen LogP contribution in [0.15, 0.2) is 98.5 Å². The number of methoxy groups -OCH3 is 1. The van der Waals surface area contributed by atoms with Crippen LogP contribution in [0.4, 0.5) is 0 Å². The zero-order valence-corrected chi connectivity index (χ0v) is 26.8. The summed E-state index contributed by atoms with van der Waals surface area (Å²) in [6.07, 6.45) is 3.96. The van der Waals surface area contributed by atoms with Gasteiger partial charge < -0.3 is 14.0 Å². The zero-order valence-electron chi connectivity index (χ0n) is 23.6. The third-order valence-corrected chi connectivity index (χ3v) is 9.19. The molecule has 43 heavy (non-hydrogen) atoms. The number of halogens is 2. The van der Waals surface area contributed by atoms with Gasteiger partial charge in [-0.3, -0.25) is 9.36 Å². The van der Waals surface area contributed by atoms with Gasteiger partial charge in [-0.1, -0.05) is 59.3 Å². The van der Waals surface area contributed by atoms with Crippen molar-refractivity contribution in [2.45, 2.75) is 26.4 Å².